The number of hydrogen-bond donors (Lipinski definition) is 2. The Hall–Kier alpha value is -2.89. The summed E-state index contributed by atoms with van der Waals surface area (Å²) < 4.78 is 13.4. The molecular formula is C22H26FN3O2. The highest BCUT2D eigenvalue weighted by Gasteiger charge is 2.21. The van der Waals surface area contributed by atoms with Gasteiger partial charge in [-0.1, -0.05) is 13.0 Å². The molecule has 0 radical (unpaired) electrons. The molecule has 1 saturated heterocycles. The summed E-state index contributed by atoms with van der Waals surface area (Å²) in [5, 5.41) is 5.76. The number of nitrogens with one attached hydrogen (secondary N) is 2. The molecule has 1 fully saturated rings. The van der Waals surface area contributed by atoms with Crippen molar-refractivity contribution in [1.82, 2.24) is 5.32 Å². The number of rotatable bonds is 6. The van der Waals surface area contributed by atoms with Crippen molar-refractivity contribution in [2.45, 2.75) is 39.2 Å². The van der Waals surface area contributed by atoms with Crippen LogP contribution in [-0.2, 0) is 0 Å². The highest BCUT2D eigenvalue weighted by Crippen LogP contribution is 2.28. The third-order valence-electron chi connectivity index (χ3n) is 5.02. The Morgan fingerprint density at radius 2 is 1.86 bits per heavy atom. The molecule has 0 aliphatic carbocycles. The molecule has 28 heavy (non-hydrogen) atoms. The van der Waals surface area contributed by atoms with Gasteiger partial charge in [0.1, 0.15) is 5.82 Å². The van der Waals surface area contributed by atoms with E-state index in [-0.39, 0.29) is 17.5 Å². The third kappa shape index (κ3) is 4.68. The largest absolute Gasteiger partial charge is 0.371 e. The van der Waals surface area contributed by atoms with Crippen LogP contribution in [0.25, 0.3) is 0 Å². The van der Waals surface area contributed by atoms with Gasteiger partial charge in [-0.3, -0.25) is 9.59 Å². The number of hydrogen-bond acceptors (Lipinski definition) is 3. The molecule has 1 heterocycles. The molecule has 0 aromatic heterocycles. The highest BCUT2D eigenvalue weighted by molar-refractivity contribution is 6.06. The number of anilines is 2. The first-order chi connectivity index (χ1) is 13.5. The lowest BCUT2D eigenvalue weighted by molar-refractivity contribution is 0.0938. The maximum absolute atomic E-state index is 13.4. The van der Waals surface area contributed by atoms with Gasteiger partial charge >= 0.3 is 0 Å². The van der Waals surface area contributed by atoms with E-state index in [9.17, 15) is 14.0 Å². The van der Waals surface area contributed by atoms with Gasteiger partial charge in [-0.05, 0) is 62.6 Å². The summed E-state index contributed by atoms with van der Waals surface area (Å²) in [5.74, 6) is -1.04. The van der Waals surface area contributed by atoms with E-state index in [0.717, 1.165) is 38.0 Å². The third-order valence-corrected chi connectivity index (χ3v) is 5.02. The molecule has 3 rings (SSSR count). The Balaban J connectivity index is 1.87. The minimum atomic E-state index is -0.467. The van der Waals surface area contributed by atoms with Gasteiger partial charge in [0.2, 0.25) is 0 Å². The lowest BCUT2D eigenvalue weighted by Gasteiger charge is -2.23. The maximum atomic E-state index is 13.4. The second-order valence-electron chi connectivity index (χ2n) is 7.17. The monoisotopic (exact) mass is 383 g/mol. The van der Waals surface area contributed by atoms with Crippen LogP contribution in [0.4, 0.5) is 15.8 Å². The molecule has 1 aliphatic rings. The van der Waals surface area contributed by atoms with Gasteiger partial charge in [-0.2, -0.15) is 0 Å². The van der Waals surface area contributed by atoms with Gasteiger partial charge in [-0.25, -0.2) is 4.39 Å². The molecular weight excluding hydrogens is 357 g/mol. The van der Waals surface area contributed by atoms with Gasteiger partial charge in [0.15, 0.2) is 0 Å². The highest BCUT2D eigenvalue weighted by atomic mass is 19.1. The molecule has 2 aromatic carbocycles. The fourth-order valence-electron chi connectivity index (χ4n) is 3.27. The number of carbonyl (C=O) groups is 2. The van der Waals surface area contributed by atoms with E-state index in [0.29, 0.717) is 11.3 Å². The van der Waals surface area contributed by atoms with Crippen molar-refractivity contribution in [3.63, 3.8) is 0 Å². The fraction of sp³-hybridized carbons (Fsp3) is 0.364. The summed E-state index contributed by atoms with van der Waals surface area (Å²) in [5.41, 5.74) is 2.15. The van der Waals surface area contributed by atoms with Crippen molar-refractivity contribution in [1.29, 1.82) is 0 Å². The fourth-order valence-corrected chi connectivity index (χ4v) is 3.27. The van der Waals surface area contributed by atoms with Crippen LogP contribution >= 0.6 is 0 Å². The molecule has 1 atom stereocenters. The van der Waals surface area contributed by atoms with Crippen molar-refractivity contribution < 1.29 is 14.0 Å². The van der Waals surface area contributed by atoms with Gasteiger partial charge in [0.25, 0.3) is 11.8 Å². The second-order valence-corrected chi connectivity index (χ2v) is 7.17. The predicted molar refractivity (Wildman–Crippen MR) is 109 cm³/mol. The normalized spacial score (nSPS) is 14.6. The summed E-state index contributed by atoms with van der Waals surface area (Å²) in [6.45, 7) is 5.81. The average molecular weight is 383 g/mol. The number of carbonyl (C=O) groups excluding carboxylic acids is 2. The van der Waals surface area contributed by atoms with E-state index in [4.69, 9.17) is 0 Å². The summed E-state index contributed by atoms with van der Waals surface area (Å²) in [6.07, 6.45) is 3.04. The van der Waals surface area contributed by atoms with Crippen LogP contribution in [0, 0.1) is 5.82 Å². The Bertz CT molecular complexity index is 863. The zero-order chi connectivity index (χ0) is 20.1. The lowest BCUT2D eigenvalue weighted by atomic mass is 10.1. The SMILES string of the molecule is CCC(C)NC(=O)c1cc(NC(=O)c2cccc(F)c2)ccc1N1CCCC1. The van der Waals surface area contributed by atoms with Gasteiger partial charge in [0, 0.05) is 36.1 Å². The summed E-state index contributed by atoms with van der Waals surface area (Å²) >= 11 is 0. The molecule has 148 valence electrons. The quantitative estimate of drug-likeness (QED) is 0.786. The zero-order valence-corrected chi connectivity index (χ0v) is 16.3. The summed E-state index contributed by atoms with van der Waals surface area (Å²) in [6, 6.07) is 10.9. The van der Waals surface area contributed by atoms with E-state index >= 15 is 0 Å². The number of nitrogens with zero attached hydrogens (tertiary/aromatic N) is 1. The van der Waals surface area contributed by atoms with Crippen LogP contribution in [-0.4, -0.2) is 30.9 Å². The summed E-state index contributed by atoms with van der Waals surface area (Å²) in [7, 11) is 0. The molecule has 1 unspecified atom stereocenters. The molecule has 6 heteroatoms. The molecule has 2 amide bonds. The Morgan fingerprint density at radius 3 is 2.54 bits per heavy atom. The van der Waals surface area contributed by atoms with Crippen molar-refractivity contribution >= 4 is 23.2 Å². The van der Waals surface area contributed by atoms with E-state index < -0.39 is 11.7 Å². The first-order valence-electron chi connectivity index (χ1n) is 9.74. The Kier molecular flexibility index (Phi) is 6.29. The van der Waals surface area contributed by atoms with E-state index in [1.165, 1.54) is 18.2 Å². The van der Waals surface area contributed by atoms with Gasteiger partial charge < -0.3 is 15.5 Å². The number of amides is 2. The molecule has 1 aliphatic heterocycles. The molecule has 0 spiro atoms. The Labute approximate surface area is 164 Å². The smallest absolute Gasteiger partial charge is 0.255 e. The lowest BCUT2D eigenvalue weighted by Crippen LogP contribution is -2.33. The first-order valence-corrected chi connectivity index (χ1v) is 9.74. The van der Waals surface area contributed by atoms with E-state index in [2.05, 4.69) is 15.5 Å². The average Bonchev–Trinajstić information content (AvgIpc) is 3.22. The molecule has 2 aromatic rings. The van der Waals surface area contributed by atoms with Crippen LogP contribution < -0.4 is 15.5 Å². The molecule has 5 nitrogen and oxygen atoms in total. The number of halogens is 1. The zero-order valence-electron chi connectivity index (χ0n) is 16.3. The van der Waals surface area contributed by atoms with Crippen LogP contribution in [0.15, 0.2) is 42.5 Å². The summed E-state index contributed by atoms with van der Waals surface area (Å²) in [4.78, 5) is 27.5. The van der Waals surface area contributed by atoms with Crippen molar-refractivity contribution in [3.8, 4) is 0 Å². The van der Waals surface area contributed by atoms with Crippen molar-refractivity contribution in [3.05, 3.63) is 59.4 Å². The van der Waals surface area contributed by atoms with E-state index in [1.807, 2.05) is 19.9 Å². The predicted octanol–water partition coefficient (Wildman–Crippen LogP) is 4.21. The first kappa shape index (κ1) is 19.9. The van der Waals surface area contributed by atoms with E-state index in [1.54, 1.807) is 18.2 Å². The molecule has 0 saturated carbocycles. The van der Waals surface area contributed by atoms with Crippen molar-refractivity contribution in [2.75, 3.05) is 23.3 Å². The van der Waals surface area contributed by atoms with Gasteiger partial charge in [0.05, 0.1) is 5.56 Å². The van der Waals surface area contributed by atoms with Gasteiger partial charge in [-0.15, -0.1) is 0 Å². The van der Waals surface area contributed by atoms with Crippen molar-refractivity contribution in [2.24, 2.45) is 0 Å². The molecule has 2 N–H and O–H groups in total. The van der Waals surface area contributed by atoms with Crippen LogP contribution in [0.2, 0.25) is 0 Å². The topological polar surface area (TPSA) is 61.4 Å². The maximum Gasteiger partial charge on any atom is 0.255 e. The van der Waals surface area contributed by atoms with Crippen LogP contribution in [0.5, 0.6) is 0 Å². The minimum Gasteiger partial charge on any atom is -0.371 e. The van der Waals surface area contributed by atoms with Crippen LogP contribution in [0.3, 0.4) is 0 Å². The minimum absolute atomic E-state index is 0.0597. The molecule has 0 bridgehead atoms. The Morgan fingerprint density at radius 1 is 1.11 bits per heavy atom. The van der Waals surface area contributed by atoms with Crippen LogP contribution in [0.1, 0.15) is 53.8 Å². The second kappa shape index (κ2) is 8.87. The number of benzene rings is 2. The standard InChI is InChI=1S/C22H26FN3O2/c1-3-15(2)24-22(28)19-14-18(9-10-20(19)26-11-4-5-12-26)25-21(27)16-7-6-8-17(23)13-16/h6-10,13-15H,3-5,11-12H2,1-2H3,(H,24,28)(H,25,27).